The Morgan fingerprint density at radius 1 is 0.725 bits per heavy atom. The lowest BCUT2D eigenvalue weighted by Crippen LogP contribution is -2.28. The van der Waals surface area contributed by atoms with Crippen LogP contribution in [0.25, 0.3) is 0 Å². The number of hydrogen-bond donors (Lipinski definition) is 2. The summed E-state index contributed by atoms with van der Waals surface area (Å²) >= 11 is 0. The Labute approximate surface area is 240 Å². The van der Waals surface area contributed by atoms with Crippen LogP contribution in [0.4, 0.5) is 20.2 Å². The molecule has 0 radical (unpaired) electrons. The van der Waals surface area contributed by atoms with E-state index in [0.717, 1.165) is 77.0 Å². The van der Waals surface area contributed by atoms with Gasteiger partial charge in [-0.1, -0.05) is 26.2 Å². The Hall–Kier alpha value is -2.11. The second-order valence-electron chi connectivity index (χ2n) is 13.1. The highest BCUT2D eigenvalue weighted by atomic mass is 19.2. The monoisotopic (exact) mass is 558 g/mol. The minimum absolute atomic E-state index is 0.257. The number of unbranched alkanes of at least 4 members (excludes halogenated alkanes) is 3. The van der Waals surface area contributed by atoms with Crippen LogP contribution >= 0.6 is 0 Å². The first kappa shape index (κ1) is 30.8. The number of carbonyl (C=O) groups excluding carboxylic acids is 1. The number of hydrogen-bond acceptors (Lipinski definition) is 4. The predicted molar refractivity (Wildman–Crippen MR) is 160 cm³/mol. The fraction of sp³-hybridized carbons (Fsp3) is 0.735. The number of carbonyl (C=O) groups is 1. The van der Waals surface area contributed by atoms with Gasteiger partial charge in [0, 0.05) is 47.7 Å². The zero-order chi connectivity index (χ0) is 28.5. The van der Waals surface area contributed by atoms with Crippen LogP contribution in [0.15, 0.2) is 29.9 Å². The summed E-state index contributed by atoms with van der Waals surface area (Å²) in [6.07, 6.45) is 16.2. The van der Waals surface area contributed by atoms with Gasteiger partial charge in [0.25, 0.3) is 0 Å². The Morgan fingerprint density at radius 2 is 1.23 bits per heavy atom. The number of Topliss-reactive ketones (excluding diaryl/α,β-unsaturated/α-hetero) is 1. The molecule has 4 nitrogen and oxygen atoms in total. The number of halogens is 2. The first-order chi connectivity index (χ1) is 19.3. The lowest BCUT2D eigenvalue weighted by molar-refractivity contribution is -0.124. The number of nitrogens with two attached hydrogens (primary N) is 2. The molecule has 3 fully saturated rings. The molecule has 0 atom stereocenters. The van der Waals surface area contributed by atoms with E-state index in [9.17, 15) is 4.79 Å². The van der Waals surface area contributed by atoms with Crippen molar-refractivity contribution >= 4 is 17.2 Å². The Bertz CT molecular complexity index is 952. The van der Waals surface area contributed by atoms with Crippen molar-refractivity contribution in [1.82, 2.24) is 0 Å². The molecule has 6 heteroatoms. The normalized spacial score (nSPS) is 30.0. The highest BCUT2D eigenvalue weighted by molar-refractivity contribution is 5.81. The van der Waals surface area contributed by atoms with Crippen LogP contribution in [0, 0.1) is 35.5 Å². The second-order valence-corrected chi connectivity index (χ2v) is 13.1. The molecule has 3 aliphatic carbocycles. The van der Waals surface area contributed by atoms with E-state index in [4.69, 9.17) is 16.2 Å². The van der Waals surface area contributed by atoms with E-state index in [1.165, 1.54) is 19.3 Å². The summed E-state index contributed by atoms with van der Waals surface area (Å²) in [6.45, 7) is 2.74. The van der Waals surface area contributed by atoms with Crippen LogP contribution in [0.2, 0.25) is 0 Å². The molecule has 0 saturated heterocycles. The van der Waals surface area contributed by atoms with Crippen molar-refractivity contribution in [3.8, 4) is 5.75 Å². The summed E-state index contributed by atoms with van der Waals surface area (Å²) in [4.78, 5) is 12.6. The van der Waals surface area contributed by atoms with Gasteiger partial charge in [-0.3, -0.25) is 4.79 Å². The van der Waals surface area contributed by atoms with Crippen molar-refractivity contribution in [3.63, 3.8) is 0 Å². The number of nitrogen functional groups attached to an aromatic ring is 2. The van der Waals surface area contributed by atoms with Crippen LogP contribution in [0.3, 0.4) is 0 Å². The highest BCUT2D eigenvalue weighted by Gasteiger charge is 2.35. The molecule has 0 spiro atoms. The van der Waals surface area contributed by atoms with E-state index in [1.807, 2.05) is 0 Å². The topological polar surface area (TPSA) is 78.3 Å². The molecule has 0 bridgehead atoms. The lowest BCUT2D eigenvalue weighted by atomic mass is 9.68. The van der Waals surface area contributed by atoms with E-state index >= 15 is 8.78 Å². The predicted octanol–water partition coefficient (Wildman–Crippen LogP) is 9.34. The third kappa shape index (κ3) is 8.69. The summed E-state index contributed by atoms with van der Waals surface area (Å²) in [5.74, 6) is 1.50. The summed E-state index contributed by atoms with van der Waals surface area (Å²) in [5, 5.41) is 0. The molecule has 0 heterocycles. The Balaban J connectivity index is 1.16. The van der Waals surface area contributed by atoms with Gasteiger partial charge >= 0.3 is 0 Å². The van der Waals surface area contributed by atoms with Gasteiger partial charge in [0.15, 0.2) is 0 Å². The molecule has 40 heavy (non-hydrogen) atoms. The average molecular weight is 559 g/mol. The average Bonchev–Trinajstić information content (AvgIpc) is 2.97. The Kier molecular flexibility index (Phi) is 11.7. The lowest BCUT2D eigenvalue weighted by Gasteiger charge is -2.37. The number of anilines is 2. The maximum Gasteiger partial charge on any atom is 0.135 e. The van der Waals surface area contributed by atoms with Gasteiger partial charge in [0.2, 0.25) is 0 Å². The molecule has 3 aliphatic rings. The standard InChI is InChI=1S/C34H52F2N2O2/c1-2-3-4-5-6-32(39)26-15-11-24(12-16-26)25-13-17-28(18-14-25)34(36)33(35)27-9-7-23(8-10-27)22-40-31-20-29(37)19-30(38)21-31/h19-21,23-28H,2-18,22,37-38H2,1H3. The summed E-state index contributed by atoms with van der Waals surface area (Å²) in [5.41, 5.74) is 12.8. The van der Waals surface area contributed by atoms with Crippen LogP contribution < -0.4 is 16.2 Å². The van der Waals surface area contributed by atoms with Gasteiger partial charge in [-0.2, -0.15) is 0 Å². The third-order valence-electron chi connectivity index (χ3n) is 10.2. The SMILES string of the molecule is CCCCCCC(=O)C1CCC(C2CCC(C(F)=C(F)C3CCC(COc4cc(N)cc(N)c4)CC3)CC2)CC1. The summed E-state index contributed by atoms with van der Waals surface area (Å²) in [7, 11) is 0. The zero-order valence-electron chi connectivity index (χ0n) is 24.7. The quantitative estimate of drug-likeness (QED) is 0.198. The highest BCUT2D eigenvalue weighted by Crippen LogP contribution is 2.45. The molecule has 1 aromatic rings. The van der Waals surface area contributed by atoms with Gasteiger partial charge in [-0.05, 0) is 107 Å². The largest absolute Gasteiger partial charge is 0.493 e. The zero-order valence-corrected chi connectivity index (χ0v) is 24.7. The molecular weight excluding hydrogens is 506 g/mol. The van der Waals surface area contributed by atoms with Crippen molar-refractivity contribution in [3.05, 3.63) is 29.9 Å². The van der Waals surface area contributed by atoms with Crippen LogP contribution in [0.1, 0.15) is 116 Å². The minimum Gasteiger partial charge on any atom is -0.493 e. The van der Waals surface area contributed by atoms with E-state index < -0.39 is 11.7 Å². The molecule has 224 valence electrons. The second kappa shape index (κ2) is 15.2. The van der Waals surface area contributed by atoms with E-state index in [2.05, 4.69) is 6.92 Å². The van der Waals surface area contributed by atoms with Crippen molar-refractivity contribution in [1.29, 1.82) is 0 Å². The van der Waals surface area contributed by atoms with E-state index in [1.54, 1.807) is 18.2 Å². The van der Waals surface area contributed by atoms with Crippen molar-refractivity contribution in [2.24, 2.45) is 35.5 Å². The number of ether oxygens (including phenoxy) is 1. The van der Waals surface area contributed by atoms with Crippen molar-refractivity contribution in [2.75, 3.05) is 18.1 Å². The molecule has 0 unspecified atom stereocenters. The van der Waals surface area contributed by atoms with Gasteiger partial charge in [-0.25, -0.2) is 8.78 Å². The third-order valence-corrected chi connectivity index (χ3v) is 10.2. The first-order valence-corrected chi connectivity index (χ1v) is 16.2. The molecule has 0 aromatic heterocycles. The molecule has 0 amide bonds. The molecule has 0 aliphatic heterocycles. The van der Waals surface area contributed by atoms with Gasteiger partial charge in [-0.15, -0.1) is 0 Å². The maximum absolute atomic E-state index is 15.3. The summed E-state index contributed by atoms with van der Waals surface area (Å²) < 4.78 is 36.4. The fourth-order valence-corrected chi connectivity index (χ4v) is 7.60. The van der Waals surface area contributed by atoms with Crippen LogP contribution in [-0.2, 0) is 4.79 Å². The van der Waals surface area contributed by atoms with Gasteiger partial charge < -0.3 is 16.2 Å². The van der Waals surface area contributed by atoms with E-state index in [-0.39, 0.29) is 17.8 Å². The molecule has 1 aromatic carbocycles. The number of allylic oxidation sites excluding steroid dienone is 2. The van der Waals surface area contributed by atoms with E-state index in [0.29, 0.717) is 60.1 Å². The molecule has 4 rings (SSSR count). The van der Waals surface area contributed by atoms with Gasteiger partial charge in [0.05, 0.1) is 6.61 Å². The molecule has 4 N–H and O–H groups in total. The molecule has 3 saturated carbocycles. The fourth-order valence-electron chi connectivity index (χ4n) is 7.60. The van der Waals surface area contributed by atoms with Crippen LogP contribution in [-0.4, -0.2) is 12.4 Å². The Morgan fingerprint density at radius 3 is 1.75 bits per heavy atom. The van der Waals surface area contributed by atoms with Crippen molar-refractivity contribution < 1.29 is 18.3 Å². The van der Waals surface area contributed by atoms with Crippen LogP contribution in [0.5, 0.6) is 5.75 Å². The maximum atomic E-state index is 15.3. The summed E-state index contributed by atoms with van der Waals surface area (Å²) in [6, 6.07) is 5.22. The van der Waals surface area contributed by atoms with Gasteiger partial charge in [0.1, 0.15) is 23.2 Å². The first-order valence-electron chi connectivity index (χ1n) is 16.2. The number of benzene rings is 1. The number of rotatable bonds is 12. The van der Waals surface area contributed by atoms with Crippen molar-refractivity contribution in [2.45, 2.75) is 116 Å². The number of ketones is 1. The minimum atomic E-state index is -0.482. The smallest absolute Gasteiger partial charge is 0.135 e. The molecular formula is C34H52F2N2O2.